The number of nitrogens with one attached hydrogen (secondary N) is 2. The van der Waals surface area contributed by atoms with Gasteiger partial charge in [0.05, 0.1) is 21.6 Å². The van der Waals surface area contributed by atoms with Crippen molar-refractivity contribution < 1.29 is 22.4 Å². The number of fused-ring (bicyclic) bond motifs is 3. The van der Waals surface area contributed by atoms with Crippen molar-refractivity contribution >= 4 is 60.1 Å². The highest BCUT2D eigenvalue weighted by molar-refractivity contribution is 7.90. The molecule has 1 saturated heterocycles. The van der Waals surface area contributed by atoms with Crippen LogP contribution in [0.2, 0.25) is 0 Å². The summed E-state index contributed by atoms with van der Waals surface area (Å²) in [4.78, 5) is 32.6. The first-order chi connectivity index (χ1) is 23.9. The molecule has 49 heavy (non-hydrogen) atoms. The first kappa shape index (κ1) is 30.8. The fourth-order valence-electron chi connectivity index (χ4n) is 6.12. The summed E-state index contributed by atoms with van der Waals surface area (Å²) in [6.07, 6.45) is 0. The van der Waals surface area contributed by atoms with Crippen LogP contribution in [0.5, 0.6) is 0 Å². The second-order valence-electron chi connectivity index (χ2n) is 11.6. The number of hydrogen-bond donors (Lipinski definition) is 2. The van der Waals surface area contributed by atoms with Gasteiger partial charge in [-0.1, -0.05) is 60.7 Å². The molecule has 10 nitrogen and oxygen atoms in total. The summed E-state index contributed by atoms with van der Waals surface area (Å²) < 4.78 is 35.1. The van der Waals surface area contributed by atoms with E-state index in [1.807, 2.05) is 58.8 Å². The summed E-state index contributed by atoms with van der Waals surface area (Å²) in [5, 5.41) is 9.86. The van der Waals surface area contributed by atoms with Crippen molar-refractivity contribution in [3.05, 3.63) is 126 Å². The second-order valence-corrected chi connectivity index (χ2v) is 14.3. The van der Waals surface area contributed by atoms with E-state index in [-0.39, 0.29) is 16.6 Å². The number of nitrogens with zero attached hydrogens (tertiary/aromatic N) is 3. The molecule has 1 aliphatic heterocycles. The maximum atomic E-state index is 13.9. The molecule has 4 heterocycles. The Morgan fingerprint density at radius 2 is 1.51 bits per heavy atom. The number of carbonyl (C=O) groups is 2. The van der Waals surface area contributed by atoms with Crippen molar-refractivity contribution in [1.82, 2.24) is 19.2 Å². The molecule has 3 aromatic heterocycles. The quantitative estimate of drug-likeness (QED) is 0.191. The minimum atomic E-state index is -3.91. The van der Waals surface area contributed by atoms with Gasteiger partial charge in [0.25, 0.3) is 21.8 Å². The number of aromatic nitrogens is 2. The van der Waals surface area contributed by atoms with Gasteiger partial charge in [-0.3, -0.25) is 14.9 Å². The maximum absolute atomic E-state index is 13.9. The van der Waals surface area contributed by atoms with Crippen molar-refractivity contribution in [2.24, 2.45) is 0 Å². The fraction of sp³-hybridized carbons (Fsp3) is 0.108. The normalized spacial score (nSPS) is 13.6. The minimum Gasteiger partial charge on any atom is -0.451 e. The van der Waals surface area contributed by atoms with E-state index in [9.17, 15) is 18.0 Å². The standard InChI is InChI=1S/C37H29N5O5S2/c43-35(34-17-16-33(47-34)24-10-12-25(13-11-24)36(44)41-20-18-38-19-21-41)40-37-39-30(23-48-37)26-14-15-29-28-8-4-5-9-31(28)42(32(29)22-26)49(45,46)27-6-2-1-3-7-27/h1-17,22-23,38H,18-21H2,(H,39,40,43). The van der Waals surface area contributed by atoms with Crippen molar-refractivity contribution in [1.29, 1.82) is 0 Å². The van der Waals surface area contributed by atoms with Crippen molar-refractivity contribution in [2.75, 3.05) is 31.5 Å². The predicted octanol–water partition coefficient (Wildman–Crippen LogP) is 6.71. The molecule has 0 saturated carbocycles. The Bertz CT molecular complexity index is 2460. The zero-order valence-corrected chi connectivity index (χ0v) is 27.6. The second kappa shape index (κ2) is 12.5. The largest absolute Gasteiger partial charge is 0.451 e. The fourth-order valence-corrected chi connectivity index (χ4v) is 8.37. The zero-order valence-electron chi connectivity index (χ0n) is 26.0. The third-order valence-electron chi connectivity index (χ3n) is 8.58. The van der Waals surface area contributed by atoms with Crippen LogP contribution in [0.4, 0.5) is 5.13 Å². The molecule has 1 aliphatic rings. The summed E-state index contributed by atoms with van der Waals surface area (Å²) in [6, 6.07) is 31.9. The molecule has 2 N–H and O–H groups in total. The highest BCUT2D eigenvalue weighted by Gasteiger charge is 2.24. The van der Waals surface area contributed by atoms with Gasteiger partial charge in [0.15, 0.2) is 10.9 Å². The molecule has 1 fully saturated rings. The number of amides is 2. The molecule has 244 valence electrons. The lowest BCUT2D eigenvalue weighted by Crippen LogP contribution is -2.46. The molecule has 0 bridgehead atoms. The Hall–Kier alpha value is -5.56. The molecule has 7 aromatic rings. The van der Waals surface area contributed by atoms with E-state index in [1.165, 1.54) is 15.3 Å². The maximum Gasteiger partial charge on any atom is 0.293 e. The average molecular weight is 688 g/mol. The molecule has 4 aromatic carbocycles. The third kappa shape index (κ3) is 5.69. The SMILES string of the molecule is O=C(Nc1nc(-c2ccc3c4ccccc4n(S(=O)(=O)c4ccccc4)c3c2)cs1)c1ccc(-c2ccc(C(=O)N3CCNCC3)cc2)o1. The lowest BCUT2D eigenvalue weighted by Gasteiger charge is -2.27. The lowest BCUT2D eigenvalue weighted by molar-refractivity contribution is 0.0735. The van der Waals surface area contributed by atoms with Gasteiger partial charge in [-0.25, -0.2) is 17.4 Å². The number of benzene rings is 4. The van der Waals surface area contributed by atoms with E-state index in [0.717, 1.165) is 29.4 Å². The van der Waals surface area contributed by atoms with Gasteiger partial charge in [-0.15, -0.1) is 11.3 Å². The predicted molar refractivity (Wildman–Crippen MR) is 190 cm³/mol. The van der Waals surface area contributed by atoms with Crippen LogP contribution >= 0.6 is 11.3 Å². The molecule has 0 aliphatic carbocycles. The van der Waals surface area contributed by atoms with E-state index in [4.69, 9.17) is 4.42 Å². The number of piperazine rings is 1. The van der Waals surface area contributed by atoms with Gasteiger partial charge < -0.3 is 14.6 Å². The van der Waals surface area contributed by atoms with Crippen LogP contribution in [-0.2, 0) is 10.0 Å². The number of carbonyl (C=O) groups excluding carboxylic acids is 2. The Morgan fingerprint density at radius 3 is 2.31 bits per heavy atom. The summed E-state index contributed by atoms with van der Waals surface area (Å²) in [5.74, 6) is 0.155. The summed E-state index contributed by atoms with van der Waals surface area (Å²) in [7, 11) is -3.91. The molecule has 8 rings (SSSR count). The Balaban J connectivity index is 1.02. The van der Waals surface area contributed by atoms with Gasteiger partial charge in [0.1, 0.15) is 5.76 Å². The van der Waals surface area contributed by atoms with E-state index in [1.54, 1.807) is 60.7 Å². The van der Waals surface area contributed by atoms with Gasteiger partial charge in [-0.2, -0.15) is 0 Å². The van der Waals surface area contributed by atoms with Crippen LogP contribution < -0.4 is 10.6 Å². The van der Waals surface area contributed by atoms with Gasteiger partial charge in [0.2, 0.25) is 0 Å². The van der Waals surface area contributed by atoms with E-state index >= 15 is 0 Å². The third-order valence-corrected chi connectivity index (χ3v) is 11.1. The van der Waals surface area contributed by atoms with Crippen LogP contribution in [0, 0.1) is 0 Å². The van der Waals surface area contributed by atoms with E-state index in [0.29, 0.717) is 51.8 Å². The lowest BCUT2D eigenvalue weighted by atomic mass is 10.1. The number of anilines is 1. The van der Waals surface area contributed by atoms with Gasteiger partial charge in [-0.05, 0) is 48.5 Å². The number of hydrogen-bond acceptors (Lipinski definition) is 8. The Kier molecular flexibility index (Phi) is 7.83. The van der Waals surface area contributed by atoms with Gasteiger partial charge in [0, 0.05) is 59.0 Å². The zero-order chi connectivity index (χ0) is 33.5. The van der Waals surface area contributed by atoms with Crippen molar-refractivity contribution in [3.8, 4) is 22.6 Å². The van der Waals surface area contributed by atoms with Crippen LogP contribution in [0.25, 0.3) is 44.4 Å². The highest BCUT2D eigenvalue weighted by Crippen LogP contribution is 2.36. The Labute approximate surface area is 285 Å². The van der Waals surface area contributed by atoms with Gasteiger partial charge >= 0.3 is 0 Å². The number of rotatable bonds is 7. The molecular weight excluding hydrogens is 659 g/mol. The van der Waals surface area contributed by atoms with Crippen LogP contribution in [0.15, 0.2) is 124 Å². The monoisotopic (exact) mass is 687 g/mol. The molecule has 0 unspecified atom stereocenters. The molecular formula is C37H29N5O5S2. The van der Waals surface area contributed by atoms with Crippen LogP contribution in [-0.4, -0.2) is 60.3 Å². The van der Waals surface area contributed by atoms with E-state index < -0.39 is 15.9 Å². The number of furan rings is 1. The minimum absolute atomic E-state index is 0.00472. The summed E-state index contributed by atoms with van der Waals surface area (Å²) in [6.45, 7) is 2.93. The molecule has 2 amide bonds. The Morgan fingerprint density at radius 1 is 0.796 bits per heavy atom. The van der Waals surface area contributed by atoms with Crippen LogP contribution in [0.1, 0.15) is 20.9 Å². The first-order valence-electron chi connectivity index (χ1n) is 15.7. The smallest absolute Gasteiger partial charge is 0.293 e. The summed E-state index contributed by atoms with van der Waals surface area (Å²) in [5.41, 5.74) is 3.76. The summed E-state index contributed by atoms with van der Waals surface area (Å²) >= 11 is 1.25. The molecule has 0 radical (unpaired) electrons. The van der Waals surface area contributed by atoms with E-state index in [2.05, 4.69) is 15.6 Å². The average Bonchev–Trinajstić information content (AvgIpc) is 3.90. The molecule has 0 atom stereocenters. The molecule has 12 heteroatoms. The van der Waals surface area contributed by atoms with Crippen LogP contribution in [0.3, 0.4) is 0 Å². The highest BCUT2D eigenvalue weighted by atomic mass is 32.2. The number of para-hydroxylation sites is 1. The van der Waals surface area contributed by atoms with Crippen molar-refractivity contribution in [3.63, 3.8) is 0 Å². The topological polar surface area (TPSA) is 127 Å². The first-order valence-corrected chi connectivity index (χ1v) is 18.0. The molecule has 0 spiro atoms. The van der Waals surface area contributed by atoms with Crippen molar-refractivity contribution in [2.45, 2.75) is 4.90 Å². The number of thiazole rings is 1.